The number of hydrogen-bond donors (Lipinski definition) is 2. The van der Waals surface area contributed by atoms with Crippen LogP contribution in [0, 0.1) is 5.82 Å². The minimum atomic E-state index is -0.334. The molecule has 2 heterocycles. The Labute approximate surface area is 181 Å². The van der Waals surface area contributed by atoms with Gasteiger partial charge in [-0.05, 0) is 36.8 Å². The molecule has 160 valence electrons. The molecule has 2 aromatic carbocycles. The SMILES string of the molecule is COc1ccc(NC(=O)CCCSc2nnc3c(n2)[nH]c2ccc(F)cc23)c(OC)c1. The Kier molecular flexibility index (Phi) is 6.17. The van der Waals surface area contributed by atoms with Crippen LogP contribution < -0.4 is 14.8 Å². The summed E-state index contributed by atoms with van der Waals surface area (Å²) in [6.07, 6.45) is 0.970. The van der Waals surface area contributed by atoms with Crippen LogP contribution in [0.2, 0.25) is 0 Å². The molecule has 0 saturated heterocycles. The topological polar surface area (TPSA) is 102 Å². The van der Waals surface area contributed by atoms with Crippen molar-refractivity contribution in [1.29, 1.82) is 0 Å². The Morgan fingerprint density at radius 2 is 2.03 bits per heavy atom. The molecule has 0 spiro atoms. The molecule has 0 aliphatic carbocycles. The number of carbonyl (C=O) groups is 1. The van der Waals surface area contributed by atoms with E-state index in [2.05, 4.69) is 25.5 Å². The van der Waals surface area contributed by atoms with E-state index in [0.717, 1.165) is 5.52 Å². The first kappa shape index (κ1) is 20.9. The molecule has 0 fully saturated rings. The van der Waals surface area contributed by atoms with Crippen molar-refractivity contribution >= 4 is 45.4 Å². The van der Waals surface area contributed by atoms with Crippen LogP contribution in [0.1, 0.15) is 12.8 Å². The monoisotopic (exact) mass is 441 g/mol. The second-order valence-electron chi connectivity index (χ2n) is 6.67. The highest BCUT2D eigenvalue weighted by Gasteiger charge is 2.12. The molecule has 31 heavy (non-hydrogen) atoms. The molecule has 4 rings (SSSR count). The van der Waals surface area contributed by atoms with Gasteiger partial charge in [0.15, 0.2) is 5.65 Å². The number of aromatic nitrogens is 4. The standard InChI is InChI=1S/C21H20FN5O3S/c1-29-13-6-8-16(17(11-13)30-2)23-18(28)4-3-9-31-21-25-20-19(26-27-21)14-10-12(22)5-7-15(14)24-20/h5-8,10-11H,3-4,9H2,1-2H3,(H,23,28)(H,24,25,27). The van der Waals surface area contributed by atoms with Gasteiger partial charge in [0.1, 0.15) is 22.8 Å². The zero-order chi connectivity index (χ0) is 21.8. The third-order valence-electron chi connectivity index (χ3n) is 4.62. The van der Waals surface area contributed by atoms with Crippen molar-refractivity contribution in [3.63, 3.8) is 0 Å². The van der Waals surface area contributed by atoms with E-state index >= 15 is 0 Å². The second kappa shape index (κ2) is 9.17. The third-order valence-corrected chi connectivity index (χ3v) is 5.54. The van der Waals surface area contributed by atoms with Gasteiger partial charge in [0.05, 0.1) is 19.9 Å². The van der Waals surface area contributed by atoms with Gasteiger partial charge in [-0.15, -0.1) is 10.2 Å². The minimum Gasteiger partial charge on any atom is -0.497 e. The fourth-order valence-electron chi connectivity index (χ4n) is 3.10. The van der Waals surface area contributed by atoms with Gasteiger partial charge in [0, 0.05) is 29.1 Å². The van der Waals surface area contributed by atoms with Crippen LogP contribution in [0.15, 0.2) is 41.6 Å². The van der Waals surface area contributed by atoms with Crippen LogP contribution in [-0.4, -0.2) is 46.0 Å². The summed E-state index contributed by atoms with van der Waals surface area (Å²) in [5.74, 6) is 1.38. The zero-order valence-electron chi connectivity index (χ0n) is 16.9. The number of anilines is 1. The van der Waals surface area contributed by atoms with Crippen molar-refractivity contribution in [2.45, 2.75) is 18.0 Å². The van der Waals surface area contributed by atoms with E-state index in [9.17, 15) is 9.18 Å². The maximum absolute atomic E-state index is 13.5. The Balaban J connectivity index is 1.32. The Morgan fingerprint density at radius 1 is 1.16 bits per heavy atom. The zero-order valence-corrected chi connectivity index (χ0v) is 17.8. The summed E-state index contributed by atoms with van der Waals surface area (Å²) in [6, 6.07) is 9.65. The second-order valence-corrected chi connectivity index (χ2v) is 7.73. The summed E-state index contributed by atoms with van der Waals surface area (Å²) in [6.45, 7) is 0. The molecule has 0 saturated carbocycles. The van der Waals surface area contributed by atoms with Crippen molar-refractivity contribution in [2.24, 2.45) is 0 Å². The molecule has 0 radical (unpaired) electrons. The number of aromatic amines is 1. The summed E-state index contributed by atoms with van der Waals surface area (Å²) in [5, 5.41) is 12.3. The van der Waals surface area contributed by atoms with E-state index in [4.69, 9.17) is 9.47 Å². The summed E-state index contributed by atoms with van der Waals surface area (Å²) in [7, 11) is 3.11. The van der Waals surface area contributed by atoms with Gasteiger partial charge < -0.3 is 19.8 Å². The van der Waals surface area contributed by atoms with Crippen molar-refractivity contribution in [3.8, 4) is 11.5 Å². The van der Waals surface area contributed by atoms with Gasteiger partial charge in [-0.3, -0.25) is 4.79 Å². The Hall–Kier alpha value is -3.40. The molecule has 1 amide bonds. The molecular weight excluding hydrogens is 421 g/mol. The van der Waals surface area contributed by atoms with Crippen molar-refractivity contribution in [2.75, 3.05) is 25.3 Å². The molecule has 4 aromatic rings. The van der Waals surface area contributed by atoms with Gasteiger partial charge in [0.25, 0.3) is 0 Å². The quantitative estimate of drug-likeness (QED) is 0.312. The molecule has 10 heteroatoms. The van der Waals surface area contributed by atoms with E-state index in [1.807, 2.05) is 0 Å². The number of methoxy groups -OCH3 is 2. The van der Waals surface area contributed by atoms with E-state index in [1.54, 1.807) is 31.4 Å². The average molecular weight is 441 g/mol. The summed E-state index contributed by atoms with van der Waals surface area (Å²) in [5.41, 5.74) is 2.44. The first-order valence-electron chi connectivity index (χ1n) is 9.53. The third kappa shape index (κ3) is 4.69. The molecule has 2 N–H and O–H groups in total. The highest BCUT2D eigenvalue weighted by atomic mass is 32.2. The normalized spacial score (nSPS) is 11.1. The number of fused-ring (bicyclic) bond motifs is 3. The molecule has 0 unspecified atom stereocenters. The largest absolute Gasteiger partial charge is 0.497 e. The highest BCUT2D eigenvalue weighted by Crippen LogP contribution is 2.29. The fraction of sp³-hybridized carbons (Fsp3) is 0.238. The van der Waals surface area contributed by atoms with Crippen LogP contribution in [0.25, 0.3) is 22.1 Å². The van der Waals surface area contributed by atoms with Crippen molar-refractivity contribution in [3.05, 3.63) is 42.2 Å². The smallest absolute Gasteiger partial charge is 0.224 e. The van der Waals surface area contributed by atoms with E-state index in [1.165, 1.54) is 31.0 Å². The number of thioether (sulfide) groups is 1. The lowest BCUT2D eigenvalue weighted by Crippen LogP contribution is -2.12. The van der Waals surface area contributed by atoms with Gasteiger partial charge in [-0.2, -0.15) is 0 Å². The van der Waals surface area contributed by atoms with Crippen LogP contribution in [-0.2, 0) is 4.79 Å². The number of benzene rings is 2. The Bertz CT molecular complexity index is 1250. The number of H-pyrrole nitrogens is 1. The first-order chi connectivity index (χ1) is 15.1. The van der Waals surface area contributed by atoms with Crippen LogP contribution in [0.5, 0.6) is 11.5 Å². The minimum absolute atomic E-state index is 0.115. The van der Waals surface area contributed by atoms with Gasteiger partial charge in [0.2, 0.25) is 11.1 Å². The van der Waals surface area contributed by atoms with E-state index in [-0.39, 0.29) is 11.7 Å². The summed E-state index contributed by atoms with van der Waals surface area (Å²) >= 11 is 1.41. The lowest BCUT2D eigenvalue weighted by molar-refractivity contribution is -0.116. The van der Waals surface area contributed by atoms with Crippen LogP contribution >= 0.6 is 11.8 Å². The fourth-order valence-corrected chi connectivity index (χ4v) is 3.83. The maximum Gasteiger partial charge on any atom is 0.224 e. The molecule has 0 aliphatic heterocycles. The van der Waals surface area contributed by atoms with E-state index in [0.29, 0.717) is 57.5 Å². The number of halogens is 1. The molecule has 8 nitrogen and oxygen atoms in total. The summed E-state index contributed by atoms with van der Waals surface area (Å²) < 4.78 is 23.9. The van der Waals surface area contributed by atoms with Gasteiger partial charge in [-0.25, -0.2) is 9.37 Å². The number of rotatable bonds is 8. The van der Waals surface area contributed by atoms with Gasteiger partial charge in [-0.1, -0.05) is 11.8 Å². The van der Waals surface area contributed by atoms with E-state index < -0.39 is 0 Å². The lowest BCUT2D eigenvalue weighted by Gasteiger charge is -2.11. The average Bonchev–Trinajstić information content (AvgIpc) is 3.14. The number of carbonyl (C=O) groups excluding carboxylic acids is 1. The predicted molar refractivity (Wildman–Crippen MR) is 117 cm³/mol. The Morgan fingerprint density at radius 3 is 2.84 bits per heavy atom. The van der Waals surface area contributed by atoms with Crippen molar-refractivity contribution < 1.29 is 18.7 Å². The number of amides is 1. The van der Waals surface area contributed by atoms with Crippen molar-refractivity contribution in [1.82, 2.24) is 20.2 Å². The maximum atomic E-state index is 13.5. The number of nitrogens with zero attached hydrogens (tertiary/aromatic N) is 3. The molecule has 0 aliphatic rings. The highest BCUT2D eigenvalue weighted by molar-refractivity contribution is 7.99. The predicted octanol–water partition coefficient (Wildman–Crippen LogP) is 4.17. The molecule has 0 bridgehead atoms. The lowest BCUT2D eigenvalue weighted by atomic mass is 10.2. The molecule has 2 aromatic heterocycles. The number of nitrogens with one attached hydrogen (secondary N) is 2. The van der Waals surface area contributed by atoms with Gasteiger partial charge >= 0.3 is 0 Å². The number of hydrogen-bond acceptors (Lipinski definition) is 7. The molecular formula is C21H20FN5O3S. The molecule has 0 atom stereocenters. The summed E-state index contributed by atoms with van der Waals surface area (Å²) in [4.78, 5) is 19.8. The first-order valence-corrected chi connectivity index (χ1v) is 10.5. The van der Waals surface area contributed by atoms with Crippen LogP contribution in [0.4, 0.5) is 10.1 Å². The van der Waals surface area contributed by atoms with Crippen LogP contribution in [0.3, 0.4) is 0 Å². The number of ether oxygens (including phenoxy) is 2.